The highest BCUT2D eigenvalue weighted by molar-refractivity contribution is 5.91. The van der Waals surface area contributed by atoms with Gasteiger partial charge in [-0.1, -0.05) is 18.2 Å². The Morgan fingerprint density at radius 2 is 2.00 bits per heavy atom. The predicted octanol–water partition coefficient (Wildman–Crippen LogP) is 0.419. The second-order valence-electron chi connectivity index (χ2n) is 5.08. The lowest BCUT2D eigenvalue weighted by molar-refractivity contribution is -0.130. The highest BCUT2D eigenvalue weighted by Gasteiger charge is 2.24. The van der Waals surface area contributed by atoms with E-state index in [9.17, 15) is 18.8 Å². The molecular weight excluding hydrogens is 301 g/mol. The Bertz CT molecular complexity index is 604. The lowest BCUT2D eigenvalue weighted by atomic mass is 10.0. The number of halogens is 1. The zero-order valence-corrected chi connectivity index (χ0v) is 12.8. The lowest BCUT2D eigenvalue weighted by Gasteiger charge is -2.21. The summed E-state index contributed by atoms with van der Waals surface area (Å²) < 4.78 is 13.2. The molecule has 1 aromatic rings. The molecule has 1 aromatic carbocycles. The first kappa shape index (κ1) is 18.3. The van der Waals surface area contributed by atoms with Crippen molar-refractivity contribution in [1.82, 2.24) is 10.6 Å². The molecule has 0 spiro atoms. The summed E-state index contributed by atoms with van der Waals surface area (Å²) in [4.78, 5) is 34.9. The third kappa shape index (κ3) is 6.29. The number of carbonyl (C=O) groups excluding carboxylic acids is 3. The fourth-order valence-electron chi connectivity index (χ4n) is 2.04. The Kier molecular flexibility index (Phi) is 6.92. The molecule has 6 nitrogen and oxygen atoms in total. The number of rotatable bonds is 8. The van der Waals surface area contributed by atoms with E-state index >= 15 is 0 Å². The van der Waals surface area contributed by atoms with Crippen LogP contribution in [-0.4, -0.2) is 29.8 Å². The van der Waals surface area contributed by atoms with Crippen molar-refractivity contribution >= 4 is 17.7 Å². The van der Waals surface area contributed by atoms with Gasteiger partial charge in [0.25, 0.3) is 0 Å². The highest BCUT2D eigenvalue weighted by atomic mass is 19.1. The quantitative estimate of drug-likeness (QED) is 0.605. The summed E-state index contributed by atoms with van der Waals surface area (Å²) >= 11 is 0. The van der Waals surface area contributed by atoms with Crippen LogP contribution in [0.2, 0.25) is 0 Å². The molecule has 0 unspecified atom stereocenters. The molecule has 4 N–H and O–H groups in total. The van der Waals surface area contributed by atoms with Crippen LogP contribution in [0.1, 0.15) is 18.9 Å². The van der Waals surface area contributed by atoms with Crippen molar-refractivity contribution < 1.29 is 18.8 Å². The summed E-state index contributed by atoms with van der Waals surface area (Å²) in [5.74, 6) is -2.13. The van der Waals surface area contributed by atoms with E-state index in [1.165, 1.54) is 31.2 Å². The van der Waals surface area contributed by atoms with Gasteiger partial charge in [-0.3, -0.25) is 14.4 Å². The van der Waals surface area contributed by atoms with Crippen molar-refractivity contribution in [2.45, 2.75) is 31.8 Å². The molecule has 0 radical (unpaired) electrons. The summed E-state index contributed by atoms with van der Waals surface area (Å²) in [6.07, 6.45) is 1.71. The van der Waals surface area contributed by atoms with E-state index < -0.39 is 35.6 Å². The van der Waals surface area contributed by atoms with Crippen LogP contribution in [0, 0.1) is 5.82 Å². The monoisotopic (exact) mass is 321 g/mol. The Balaban J connectivity index is 2.87. The van der Waals surface area contributed by atoms with Crippen molar-refractivity contribution in [1.29, 1.82) is 0 Å². The van der Waals surface area contributed by atoms with Crippen molar-refractivity contribution in [2.24, 2.45) is 5.73 Å². The van der Waals surface area contributed by atoms with Gasteiger partial charge in [0, 0.05) is 13.3 Å². The summed E-state index contributed by atoms with van der Waals surface area (Å²) in [6, 6.07) is 3.85. The van der Waals surface area contributed by atoms with E-state index in [1.807, 2.05) is 0 Å². The van der Waals surface area contributed by atoms with Crippen LogP contribution in [0.25, 0.3) is 0 Å². The first-order valence-electron chi connectivity index (χ1n) is 7.05. The molecule has 7 heteroatoms. The Hall–Kier alpha value is -2.70. The Morgan fingerprint density at radius 3 is 2.52 bits per heavy atom. The fraction of sp³-hybridized carbons (Fsp3) is 0.312. The van der Waals surface area contributed by atoms with Crippen LogP contribution in [-0.2, 0) is 20.8 Å². The van der Waals surface area contributed by atoms with Crippen molar-refractivity contribution in [3.8, 4) is 0 Å². The first-order chi connectivity index (χ1) is 10.8. The van der Waals surface area contributed by atoms with Crippen LogP contribution in [0.4, 0.5) is 4.39 Å². The van der Waals surface area contributed by atoms with E-state index in [2.05, 4.69) is 17.2 Å². The number of primary amides is 1. The molecule has 23 heavy (non-hydrogen) atoms. The standard InChI is InChI=1S/C16H20FN3O3/c1-3-5-13(15(18)22)20-16(23)14(19-10(2)21)9-11-6-4-7-12(17)8-11/h3-4,6-8,13-14H,1,5,9H2,2H3,(H2,18,22)(H,19,21)(H,20,23)/t13-,14+/m1/s1. The third-order valence-corrected chi connectivity index (χ3v) is 3.09. The average molecular weight is 321 g/mol. The topological polar surface area (TPSA) is 101 Å². The van der Waals surface area contributed by atoms with Crippen LogP contribution < -0.4 is 16.4 Å². The molecule has 1 rings (SSSR count). The van der Waals surface area contributed by atoms with E-state index in [0.29, 0.717) is 5.56 Å². The molecule has 0 heterocycles. The average Bonchev–Trinajstić information content (AvgIpc) is 2.45. The van der Waals surface area contributed by atoms with Gasteiger partial charge in [-0.05, 0) is 24.1 Å². The van der Waals surface area contributed by atoms with Gasteiger partial charge < -0.3 is 16.4 Å². The predicted molar refractivity (Wildman–Crippen MR) is 83.6 cm³/mol. The van der Waals surface area contributed by atoms with Gasteiger partial charge >= 0.3 is 0 Å². The van der Waals surface area contributed by atoms with Gasteiger partial charge in [0.1, 0.15) is 17.9 Å². The van der Waals surface area contributed by atoms with E-state index in [-0.39, 0.29) is 12.8 Å². The number of hydrogen-bond donors (Lipinski definition) is 3. The maximum absolute atomic E-state index is 13.2. The SMILES string of the molecule is C=CC[C@@H](NC(=O)[C@H](Cc1cccc(F)c1)NC(C)=O)C(N)=O. The molecule has 3 amide bonds. The molecule has 0 aliphatic rings. The minimum atomic E-state index is -0.944. The molecule has 2 atom stereocenters. The Labute approximate surface area is 133 Å². The summed E-state index contributed by atoms with van der Waals surface area (Å²) in [5, 5.41) is 4.95. The van der Waals surface area contributed by atoms with Gasteiger partial charge in [-0.25, -0.2) is 4.39 Å². The number of hydrogen-bond acceptors (Lipinski definition) is 3. The van der Waals surface area contributed by atoms with Gasteiger partial charge in [-0.15, -0.1) is 6.58 Å². The maximum Gasteiger partial charge on any atom is 0.243 e. The van der Waals surface area contributed by atoms with Crippen LogP contribution in [0.15, 0.2) is 36.9 Å². The van der Waals surface area contributed by atoms with Crippen molar-refractivity contribution in [2.75, 3.05) is 0 Å². The minimum absolute atomic E-state index is 0.0861. The van der Waals surface area contributed by atoms with Crippen LogP contribution >= 0.6 is 0 Å². The van der Waals surface area contributed by atoms with Gasteiger partial charge in [-0.2, -0.15) is 0 Å². The smallest absolute Gasteiger partial charge is 0.243 e. The van der Waals surface area contributed by atoms with E-state index in [4.69, 9.17) is 5.73 Å². The molecule has 0 aliphatic heterocycles. The van der Waals surface area contributed by atoms with Gasteiger partial charge in [0.2, 0.25) is 17.7 Å². The molecule has 0 saturated heterocycles. The van der Waals surface area contributed by atoms with Gasteiger partial charge in [0.05, 0.1) is 0 Å². The van der Waals surface area contributed by atoms with Crippen LogP contribution in [0.5, 0.6) is 0 Å². The molecule has 0 bridgehead atoms. The second kappa shape index (κ2) is 8.67. The van der Waals surface area contributed by atoms with Crippen molar-refractivity contribution in [3.63, 3.8) is 0 Å². The highest BCUT2D eigenvalue weighted by Crippen LogP contribution is 2.07. The zero-order valence-electron chi connectivity index (χ0n) is 12.8. The third-order valence-electron chi connectivity index (χ3n) is 3.09. The van der Waals surface area contributed by atoms with Crippen LogP contribution in [0.3, 0.4) is 0 Å². The maximum atomic E-state index is 13.2. The number of carbonyl (C=O) groups is 3. The number of amides is 3. The molecule has 0 fully saturated rings. The molecule has 124 valence electrons. The first-order valence-corrected chi connectivity index (χ1v) is 7.05. The number of benzene rings is 1. The minimum Gasteiger partial charge on any atom is -0.368 e. The van der Waals surface area contributed by atoms with Crippen molar-refractivity contribution in [3.05, 3.63) is 48.3 Å². The molecule has 0 aromatic heterocycles. The molecule has 0 aliphatic carbocycles. The fourth-order valence-corrected chi connectivity index (χ4v) is 2.04. The zero-order chi connectivity index (χ0) is 17.4. The summed E-state index contributed by atoms with van der Waals surface area (Å²) in [6.45, 7) is 4.76. The van der Waals surface area contributed by atoms with E-state index in [1.54, 1.807) is 6.07 Å². The Morgan fingerprint density at radius 1 is 1.30 bits per heavy atom. The summed E-state index contributed by atoms with van der Waals surface area (Å²) in [7, 11) is 0. The van der Waals surface area contributed by atoms with E-state index in [0.717, 1.165) is 0 Å². The largest absolute Gasteiger partial charge is 0.368 e. The molecule has 0 saturated carbocycles. The normalized spacial score (nSPS) is 12.8. The van der Waals surface area contributed by atoms with Gasteiger partial charge in [0.15, 0.2) is 0 Å². The number of nitrogens with two attached hydrogens (primary N) is 1. The molecular formula is C16H20FN3O3. The second-order valence-corrected chi connectivity index (χ2v) is 5.08. The lowest BCUT2D eigenvalue weighted by Crippen LogP contribution is -2.53. The summed E-state index contributed by atoms with van der Waals surface area (Å²) in [5.41, 5.74) is 5.75. The number of nitrogens with one attached hydrogen (secondary N) is 2.